The van der Waals surface area contributed by atoms with Gasteiger partial charge in [0.2, 0.25) is 0 Å². The second-order valence-electron chi connectivity index (χ2n) is 4.96. The van der Waals surface area contributed by atoms with Crippen LogP contribution in [0.2, 0.25) is 0 Å². The van der Waals surface area contributed by atoms with E-state index in [4.69, 9.17) is 36.2 Å². The lowest BCUT2D eigenvalue weighted by molar-refractivity contribution is -0.234. The number of nitrogens with two attached hydrogens (primary N) is 1. The number of carbonyl (C=O) groups is 4. The Morgan fingerprint density at radius 3 is 1.33 bits per heavy atom. The van der Waals surface area contributed by atoms with Crippen LogP contribution in [0.5, 0.6) is 0 Å². The van der Waals surface area contributed by atoms with Crippen LogP contribution in [0.3, 0.4) is 0 Å². The summed E-state index contributed by atoms with van der Waals surface area (Å²) in [4.78, 5) is 49.1. The third kappa shape index (κ3) is 5.73. The zero-order chi connectivity index (χ0) is 19.0. The van der Waals surface area contributed by atoms with E-state index in [2.05, 4.69) is 4.84 Å². The van der Waals surface area contributed by atoms with Gasteiger partial charge in [0.25, 0.3) is 0 Å². The Bertz CT molecular complexity index is 457. The summed E-state index contributed by atoms with van der Waals surface area (Å²) >= 11 is 0. The molecule has 0 heterocycles. The van der Waals surface area contributed by atoms with Crippen molar-refractivity contribution in [2.24, 2.45) is 5.90 Å². The van der Waals surface area contributed by atoms with Crippen molar-refractivity contribution >= 4 is 23.9 Å². The molecular weight excluding hydrogens is 334 g/mol. The van der Waals surface area contributed by atoms with Crippen LogP contribution in [0.4, 0.5) is 0 Å². The van der Waals surface area contributed by atoms with Crippen molar-refractivity contribution in [3.05, 3.63) is 0 Å². The summed E-state index contributed by atoms with van der Waals surface area (Å²) in [5.74, 6) is -1.38. The zero-order valence-electron chi connectivity index (χ0n) is 12.5. The molecule has 0 saturated heterocycles. The Labute approximate surface area is 135 Å². The minimum Gasteiger partial charge on any atom is -0.481 e. The van der Waals surface area contributed by atoms with E-state index < -0.39 is 74.0 Å². The van der Waals surface area contributed by atoms with Gasteiger partial charge in [0, 0.05) is 0 Å². The van der Waals surface area contributed by atoms with E-state index >= 15 is 0 Å². The molecule has 0 saturated carbocycles. The van der Waals surface area contributed by atoms with Gasteiger partial charge in [-0.05, 0) is 0 Å². The van der Waals surface area contributed by atoms with Crippen molar-refractivity contribution < 1.29 is 54.3 Å². The molecule has 0 aliphatic carbocycles. The van der Waals surface area contributed by atoms with E-state index in [0.717, 1.165) is 0 Å². The average molecular weight is 353 g/mol. The molecule has 0 bridgehead atoms. The summed E-state index contributed by atoms with van der Waals surface area (Å²) in [6.07, 6.45) is -4.50. The Morgan fingerprint density at radius 1 is 0.750 bits per heavy atom. The highest BCUT2D eigenvalue weighted by Crippen LogP contribution is 2.41. The average Bonchev–Trinajstić information content (AvgIpc) is 2.41. The molecule has 0 spiro atoms. The summed E-state index contributed by atoms with van der Waals surface area (Å²) in [7, 11) is 0. The summed E-state index contributed by atoms with van der Waals surface area (Å²) in [6.45, 7) is -1.26. The van der Waals surface area contributed by atoms with Crippen LogP contribution in [0.25, 0.3) is 0 Å². The monoisotopic (exact) mass is 353 g/mol. The fourth-order valence-corrected chi connectivity index (χ4v) is 2.41. The molecular formula is C12H19NO11. The van der Waals surface area contributed by atoms with Gasteiger partial charge in [0.05, 0.1) is 38.9 Å². The number of carboxylic acid groups (broad SMARTS) is 4. The van der Waals surface area contributed by atoms with Crippen molar-refractivity contribution in [3.63, 3.8) is 0 Å². The van der Waals surface area contributed by atoms with E-state index in [0.29, 0.717) is 0 Å². The number of aliphatic hydroxyl groups is 1. The first-order valence-corrected chi connectivity index (χ1v) is 6.54. The number of aliphatic carboxylic acids is 4. The standard InChI is InChI=1S/C12H19NO11/c13-24-12(5-9(19)20,6-10(21)22)11(3-7(15)16,4-8(17)18)23-2-1-14/h14H,1-6,13H2,(H,15,16)(H,17,18)(H,19,20)(H,21,22). The van der Waals surface area contributed by atoms with Gasteiger partial charge in [-0.25, -0.2) is 5.90 Å². The molecule has 12 heteroatoms. The van der Waals surface area contributed by atoms with Crippen LogP contribution >= 0.6 is 0 Å². The molecule has 0 aliphatic rings. The minimum atomic E-state index is -2.50. The van der Waals surface area contributed by atoms with Gasteiger partial charge in [-0.2, -0.15) is 0 Å². The number of rotatable bonds is 13. The Balaban J connectivity index is 6.33. The molecule has 0 unspecified atom stereocenters. The first kappa shape index (κ1) is 21.7. The van der Waals surface area contributed by atoms with E-state index in [1.807, 2.05) is 0 Å². The van der Waals surface area contributed by atoms with Gasteiger partial charge in [-0.1, -0.05) is 0 Å². The Hall–Kier alpha value is -2.28. The third-order valence-electron chi connectivity index (χ3n) is 3.27. The second-order valence-corrected chi connectivity index (χ2v) is 4.96. The maximum Gasteiger partial charge on any atom is 0.306 e. The van der Waals surface area contributed by atoms with Gasteiger partial charge in [-0.3, -0.25) is 24.0 Å². The number of ether oxygens (including phenoxy) is 1. The summed E-state index contributed by atoms with van der Waals surface area (Å²) in [6, 6.07) is 0. The van der Waals surface area contributed by atoms with Crippen LogP contribution in [-0.2, 0) is 28.8 Å². The molecule has 0 rings (SSSR count). The normalized spacial score (nSPS) is 11.9. The van der Waals surface area contributed by atoms with Crippen LogP contribution in [-0.4, -0.2) is 73.8 Å². The van der Waals surface area contributed by atoms with Crippen LogP contribution in [0.15, 0.2) is 0 Å². The lowest BCUT2D eigenvalue weighted by atomic mass is 9.73. The van der Waals surface area contributed by atoms with Crippen molar-refractivity contribution in [1.82, 2.24) is 0 Å². The molecule has 0 radical (unpaired) electrons. The van der Waals surface area contributed by atoms with Gasteiger partial charge in [-0.15, -0.1) is 0 Å². The molecule has 12 nitrogen and oxygen atoms in total. The third-order valence-corrected chi connectivity index (χ3v) is 3.27. The van der Waals surface area contributed by atoms with Crippen molar-refractivity contribution in [1.29, 1.82) is 0 Å². The molecule has 0 aromatic carbocycles. The lowest BCUT2D eigenvalue weighted by Gasteiger charge is -2.45. The highest BCUT2D eigenvalue weighted by Gasteiger charge is 2.58. The molecule has 24 heavy (non-hydrogen) atoms. The van der Waals surface area contributed by atoms with Crippen molar-refractivity contribution in [2.45, 2.75) is 36.9 Å². The predicted octanol–water partition coefficient (Wildman–Crippen LogP) is -1.74. The Morgan fingerprint density at radius 2 is 1.08 bits per heavy atom. The molecule has 138 valence electrons. The van der Waals surface area contributed by atoms with Crippen LogP contribution < -0.4 is 5.90 Å². The van der Waals surface area contributed by atoms with Crippen LogP contribution in [0.1, 0.15) is 25.7 Å². The highest BCUT2D eigenvalue weighted by atomic mass is 16.7. The highest BCUT2D eigenvalue weighted by molar-refractivity contribution is 5.77. The van der Waals surface area contributed by atoms with Crippen molar-refractivity contribution in [2.75, 3.05) is 13.2 Å². The number of hydrogen-bond donors (Lipinski definition) is 6. The minimum absolute atomic E-state index is 0.592. The largest absolute Gasteiger partial charge is 0.481 e. The summed E-state index contributed by atoms with van der Waals surface area (Å²) < 4.78 is 5.12. The van der Waals surface area contributed by atoms with E-state index in [-0.39, 0.29) is 0 Å². The fraction of sp³-hybridized carbons (Fsp3) is 0.667. The summed E-state index contributed by atoms with van der Waals surface area (Å²) in [5.41, 5.74) is -4.95. The van der Waals surface area contributed by atoms with Crippen LogP contribution in [0, 0.1) is 0 Å². The molecule has 0 aromatic heterocycles. The number of hydrogen-bond acceptors (Lipinski definition) is 8. The Kier molecular flexibility index (Phi) is 8.26. The molecule has 0 aliphatic heterocycles. The first-order chi connectivity index (χ1) is 11.0. The smallest absolute Gasteiger partial charge is 0.306 e. The molecule has 0 amide bonds. The van der Waals surface area contributed by atoms with Gasteiger partial charge in [0.1, 0.15) is 11.2 Å². The predicted molar refractivity (Wildman–Crippen MR) is 72.8 cm³/mol. The molecule has 7 N–H and O–H groups in total. The van der Waals surface area contributed by atoms with Gasteiger partial charge >= 0.3 is 23.9 Å². The molecule has 0 atom stereocenters. The number of carboxylic acids is 4. The van der Waals surface area contributed by atoms with E-state index in [1.54, 1.807) is 0 Å². The quantitative estimate of drug-likeness (QED) is 0.203. The first-order valence-electron chi connectivity index (χ1n) is 6.54. The zero-order valence-corrected chi connectivity index (χ0v) is 12.5. The SMILES string of the molecule is NOC(CC(=O)O)(CC(=O)O)C(CC(=O)O)(CC(=O)O)OCCO. The topological polar surface area (TPSA) is 214 Å². The van der Waals surface area contributed by atoms with Gasteiger partial charge < -0.3 is 30.3 Å². The maximum absolute atomic E-state index is 11.2. The van der Waals surface area contributed by atoms with E-state index in [9.17, 15) is 19.2 Å². The van der Waals surface area contributed by atoms with E-state index in [1.165, 1.54) is 0 Å². The van der Waals surface area contributed by atoms with Crippen molar-refractivity contribution in [3.8, 4) is 0 Å². The molecule has 0 fully saturated rings. The van der Waals surface area contributed by atoms with Gasteiger partial charge in [0.15, 0.2) is 0 Å². The number of aliphatic hydroxyl groups excluding tert-OH is 1. The maximum atomic E-state index is 11.2. The lowest BCUT2D eigenvalue weighted by Crippen LogP contribution is -2.62. The fourth-order valence-electron chi connectivity index (χ4n) is 2.41. The summed E-state index contributed by atoms with van der Waals surface area (Å²) in [5, 5.41) is 45.0. The molecule has 0 aromatic rings. The second kappa shape index (κ2) is 9.12.